The summed E-state index contributed by atoms with van der Waals surface area (Å²) in [5, 5.41) is 3.30. The molecule has 2 nitrogen and oxygen atoms in total. The molecule has 0 spiro atoms. The van der Waals surface area contributed by atoms with Crippen LogP contribution >= 0.6 is 0 Å². The van der Waals surface area contributed by atoms with Gasteiger partial charge in [-0.15, -0.1) is 0 Å². The Kier molecular flexibility index (Phi) is 38.5. The molecule has 0 fully saturated rings. The summed E-state index contributed by atoms with van der Waals surface area (Å²) in [6.45, 7) is 17.4. The van der Waals surface area contributed by atoms with Gasteiger partial charge in [-0.1, -0.05) is 55.4 Å². The number of hydrogen-bond donors (Lipinski definition) is 1. The summed E-state index contributed by atoms with van der Waals surface area (Å²) in [6, 6.07) is 3.95. The van der Waals surface area contributed by atoms with E-state index in [0.717, 1.165) is 12.2 Å². The third-order valence-corrected chi connectivity index (χ3v) is 1.39. The third-order valence-electron chi connectivity index (χ3n) is 1.39. The van der Waals surface area contributed by atoms with Crippen molar-refractivity contribution in [1.29, 1.82) is 0 Å². The molecular weight excluding hydrogens is 248 g/mol. The predicted octanol–water partition coefficient (Wildman–Crippen LogP) is 5.23. The molecule has 1 rings (SSSR count). The second kappa shape index (κ2) is 25.9. The number of anilines is 1. The van der Waals surface area contributed by atoms with Crippen molar-refractivity contribution < 1.29 is 37.7 Å². The van der Waals surface area contributed by atoms with Crippen molar-refractivity contribution >= 4 is 5.69 Å². The molecule has 0 saturated carbocycles. The first-order chi connectivity index (χ1) is 8.29. The van der Waals surface area contributed by atoms with E-state index in [4.69, 9.17) is 0 Å². The van der Waals surface area contributed by atoms with E-state index in [1.54, 1.807) is 12.4 Å². The second-order valence-corrected chi connectivity index (χ2v) is 3.01. The zero-order valence-electron chi connectivity index (χ0n) is 13.4. The van der Waals surface area contributed by atoms with Gasteiger partial charge in [-0.2, -0.15) is 0 Å². The maximum absolute atomic E-state index is 3.93. The van der Waals surface area contributed by atoms with Gasteiger partial charge < -0.3 is 5.32 Å². The number of pyridine rings is 1. The van der Waals surface area contributed by atoms with Crippen molar-refractivity contribution in [2.45, 2.75) is 55.4 Å². The van der Waals surface area contributed by atoms with Crippen LogP contribution < -0.4 is 5.32 Å². The Labute approximate surface area is 145 Å². The van der Waals surface area contributed by atoms with Gasteiger partial charge in [-0.3, -0.25) is 4.98 Å². The summed E-state index contributed by atoms with van der Waals surface area (Å²) < 4.78 is 0. The molecule has 1 aromatic rings. The van der Waals surface area contributed by atoms with Crippen LogP contribution in [0.25, 0.3) is 0 Å². The average molecular weight is 280 g/mol. The molecule has 18 heavy (non-hydrogen) atoms. The van der Waals surface area contributed by atoms with Gasteiger partial charge in [0.1, 0.15) is 0 Å². The van der Waals surface area contributed by atoms with Crippen LogP contribution in [0.15, 0.2) is 24.5 Å². The fourth-order valence-corrected chi connectivity index (χ4v) is 0.792. The predicted molar refractivity (Wildman–Crippen MR) is 81.6 cm³/mol. The number of rotatable bonds is 3. The van der Waals surface area contributed by atoms with Crippen molar-refractivity contribution in [2.24, 2.45) is 5.92 Å². The molecule has 0 bridgehead atoms. The molecule has 0 unspecified atom stereocenters. The largest absolute Gasteiger partial charge is 0.385 e. The minimum absolute atomic E-state index is 0. The van der Waals surface area contributed by atoms with Gasteiger partial charge in [0.2, 0.25) is 0 Å². The van der Waals surface area contributed by atoms with Crippen LogP contribution in [-0.2, 0) is 0 Å². The van der Waals surface area contributed by atoms with Crippen LogP contribution in [0.5, 0.6) is 0 Å². The van der Waals surface area contributed by atoms with Crippen molar-refractivity contribution in [3.05, 3.63) is 24.5 Å². The summed E-state index contributed by atoms with van der Waals surface area (Å²) in [6.07, 6.45) is 3.59. The van der Waals surface area contributed by atoms with Crippen molar-refractivity contribution in [2.75, 3.05) is 11.9 Å². The normalized spacial score (nSPS) is 7.17. The smallest absolute Gasteiger partial charge is 0.0371 e. The number of hydrogen-bond acceptors (Lipinski definition) is 2. The molecule has 110 valence electrons. The fourth-order valence-electron chi connectivity index (χ4n) is 0.792. The Balaban J connectivity index is -0.000000123. The topological polar surface area (TPSA) is 24.9 Å². The van der Waals surface area contributed by atoms with Crippen molar-refractivity contribution in [3.63, 3.8) is 0 Å². The molecule has 0 amide bonds. The summed E-state index contributed by atoms with van der Waals surface area (Å²) >= 11 is 0. The van der Waals surface area contributed by atoms with E-state index in [9.17, 15) is 0 Å². The Morgan fingerprint density at radius 1 is 0.944 bits per heavy atom. The van der Waals surface area contributed by atoms with Crippen LogP contribution in [0, 0.1) is 43.7 Å². The van der Waals surface area contributed by atoms with Gasteiger partial charge in [0.15, 0.2) is 0 Å². The summed E-state index contributed by atoms with van der Waals surface area (Å²) in [7, 11) is 0. The van der Waals surface area contributed by atoms with E-state index in [1.165, 1.54) is 0 Å². The Bertz CT molecular complexity index is 201. The Hall–Kier alpha value is 0.210. The molecular formula is C15H32ArN2. The molecule has 1 heterocycles. The van der Waals surface area contributed by atoms with Gasteiger partial charge >= 0.3 is 0 Å². The maximum Gasteiger partial charge on any atom is 0.0371 e. The monoisotopic (exact) mass is 280 g/mol. The first-order valence-electron chi connectivity index (χ1n) is 6.93. The first-order valence-corrected chi connectivity index (χ1v) is 6.93. The Morgan fingerprint density at radius 2 is 1.33 bits per heavy atom. The number of nitrogens with zero attached hydrogens (tertiary/aromatic N) is 1. The molecule has 0 saturated heterocycles. The van der Waals surface area contributed by atoms with Crippen LogP contribution in [0.2, 0.25) is 0 Å². The maximum atomic E-state index is 3.93. The van der Waals surface area contributed by atoms with E-state index in [1.807, 2.05) is 53.7 Å². The molecule has 3 heteroatoms. The van der Waals surface area contributed by atoms with Gasteiger partial charge in [-0.25, -0.2) is 0 Å². The van der Waals surface area contributed by atoms with Gasteiger partial charge in [0.05, 0.1) is 0 Å². The summed E-state index contributed by atoms with van der Waals surface area (Å²) in [5.41, 5.74) is 1.15. The minimum Gasteiger partial charge on any atom is -0.385 e. The standard InChI is InChI=1S/C9H14N2.3C2H6.Ar/c1-8(2)7-11-9-3-5-10-6-4-9;3*1-2;/h3-6,8H,7H2,1-2H3,(H,10,11);3*1-2H3;. The van der Waals surface area contributed by atoms with E-state index in [0.29, 0.717) is 5.92 Å². The zero-order chi connectivity index (χ0) is 14.1. The summed E-state index contributed by atoms with van der Waals surface area (Å²) in [4.78, 5) is 3.93. The molecule has 0 aliphatic heterocycles. The van der Waals surface area contributed by atoms with Crippen LogP contribution in [-0.4, -0.2) is 11.5 Å². The summed E-state index contributed by atoms with van der Waals surface area (Å²) in [5.74, 6) is 0.683. The molecule has 0 aromatic carbocycles. The van der Waals surface area contributed by atoms with Crippen LogP contribution in [0.1, 0.15) is 55.4 Å². The van der Waals surface area contributed by atoms with Gasteiger partial charge in [0.25, 0.3) is 0 Å². The SMILES string of the molecule is CC.CC.CC.CC(C)CNc1ccncc1.[Ar]. The Morgan fingerprint density at radius 3 is 1.67 bits per heavy atom. The van der Waals surface area contributed by atoms with E-state index < -0.39 is 0 Å². The molecule has 1 N–H and O–H groups in total. The first kappa shape index (κ1) is 26.7. The van der Waals surface area contributed by atoms with Crippen molar-refractivity contribution in [3.8, 4) is 0 Å². The molecule has 0 aliphatic carbocycles. The molecule has 0 aliphatic rings. The second-order valence-electron chi connectivity index (χ2n) is 3.01. The van der Waals surface area contributed by atoms with E-state index >= 15 is 0 Å². The number of nitrogens with one attached hydrogen (secondary N) is 1. The van der Waals surface area contributed by atoms with E-state index in [-0.39, 0.29) is 37.7 Å². The molecule has 0 radical (unpaired) electrons. The van der Waals surface area contributed by atoms with Crippen LogP contribution in [0.4, 0.5) is 5.69 Å². The fraction of sp³-hybridized carbons (Fsp3) is 0.667. The van der Waals surface area contributed by atoms with Crippen molar-refractivity contribution in [1.82, 2.24) is 4.98 Å². The van der Waals surface area contributed by atoms with Crippen LogP contribution in [0.3, 0.4) is 0 Å². The quantitative estimate of drug-likeness (QED) is 0.820. The third kappa shape index (κ3) is 21.5. The number of aromatic nitrogens is 1. The van der Waals surface area contributed by atoms with Gasteiger partial charge in [0, 0.05) is 62.4 Å². The average Bonchev–Trinajstić information content (AvgIpc) is 2.44. The van der Waals surface area contributed by atoms with E-state index in [2.05, 4.69) is 24.1 Å². The molecule has 1 aromatic heterocycles. The zero-order valence-corrected chi connectivity index (χ0v) is 14.1. The molecule has 0 atom stereocenters. The minimum atomic E-state index is 0. The van der Waals surface area contributed by atoms with Gasteiger partial charge in [-0.05, 0) is 18.1 Å².